The van der Waals surface area contributed by atoms with Crippen molar-refractivity contribution in [2.45, 2.75) is 51.0 Å². The van der Waals surface area contributed by atoms with Crippen molar-refractivity contribution in [1.82, 2.24) is 19.9 Å². The minimum atomic E-state index is -0.466. The largest absolute Gasteiger partial charge is 0.334 e. The Labute approximate surface area is 169 Å². The molecule has 0 radical (unpaired) electrons. The van der Waals surface area contributed by atoms with Crippen molar-refractivity contribution in [2.24, 2.45) is 5.73 Å². The van der Waals surface area contributed by atoms with Crippen LogP contribution in [0.1, 0.15) is 57.0 Å². The van der Waals surface area contributed by atoms with Crippen molar-refractivity contribution in [3.05, 3.63) is 47.0 Å². The van der Waals surface area contributed by atoms with Crippen LogP contribution in [0.5, 0.6) is 0 Å². The lowest BCUT2D eigenvalue weighted by atomic mass is 9.98. The molecule has 1 fully saturated rings. The minimum absolute atomic E-state index is 0. The van der Waals surface area contributed by atoms with Crippen LogP contribution in [0, 0.1) is 0 Å². The van der Waals surface area contributed by atoms with E-state index in [-0.39, 0.29) is 18.3 Å². The Morgan fingerprint density at radius 2 is 1.85 bits per heavy atom. The molecule has 0 aliphatic heterocycles. The second kappa shape index (κ2) is 7.62. The van der Waals surface area contributed by atoms with Gasteiger partial charge in [-0.3, -0.25) is 0 Å². The zero-order valence-electron chi connectivity index (χ0n) is 15.4. The molecule has 1 aliphatic carbocycles. The number of nitrogens with two attached hydrogens (primary N) is 1. The zero-order valence-corrected chi connectivity index (χ0v) is 16.9. The molecule has 0 bridgehead atoms. The summed E-state index contributed by atoms with van der Waals surface area (Å²) in [5.41, 5.74) is 8.79. The minimum Gasteiger partial charge on any atom is -0.334 e. The van der Waals surface area contributed by atoms with Crippen LogP contribution >= 0.6 is 24.0 Å². The number of rotatable bonds is 4. The molecule has 3 aromatic rings. The Hall–Kier alpha value is -1.89. The number of hydrogen-bond acceptors (Lipinski definition) is 5. The van der Waals surface area contributed by atoms with E-state index in [4.69, 9.17) is 21.9 Å². The van der Waals surface area contributed by atoms with Crippen LogP contribution in [0.3, 0.4) is 0 Å². The SMILES string of the molecule is CC(C)c1c(-c2nc(C3(N)CCCC3)no2)cnn1-c1ccc(Cl)cc1.Cl. The van der Waals surface area contributed by atoms with Gasteiger partial charge >= 0.3 is 0 Å². The van der Waals surface area contributed by atoms with Crippen LogP contribution in [0.4, 0.5) is 0 Å². The van der Waals surface area contributed by atoms with E-state index < -0.39 is 5.54 Å². The summed E-state index contributed by atoms with van der Waals surface area (Å²) in [5.74, 6) is 1.29. The summed E-state index contributed by atoms with van der Waals surface area (Å²) in [6.45, 7) is 4.23. The van der Waals surface area contributed by atoms with Crippen LogP contribution in [-0.2, 0) is 5.54 Å². The highest BCUT2D eigenvalue weighted by molar-refractivity contribution is 6.30. The number of hydrogen-bond donors (Lipinski definition) is 1. The Bertz CT molecular complexity index is 911. The first kappa shape index (κ1) is 19.9. The molecule has 2 heterocycles. The van der Waals surface area contributed by atoms with Crippen molar-refractivity contribution in [3.63, 3.8) is 0 Å². The predicted octanol–water partition coefficient (Wildman–Crippen LogP) is 4.85. The van der Waals surface area contributed by atoms with E-state index in [0.717, 1.165) is 42.6 Å². The van der Waals surface area contributed by atoms with E-state index in [0.29, 0.717) is 16.7 Å². The first-order valence-electron chi connectivity index (χ1n) is 8.95. The molecule has 1 aromatic carbocycles. The Morgan fingerprint density at radius 1 is 1.19 bits per heavy atom. The third-order valence-electron chi connectivity index (χ3n) is 5.02. The second-order valence-electron chi connectivity index (χ2n) is 7.27. The van der Waals surface area contributed by atoms with Crippen LogP contribution in [0.25, 0.3) is 17.1 Å². The summed E-state index contributed by atoms with van der Waals surface area (Å²) in [6, 6.07) is 7.59. The van der Waals surface area contributed by atoms with Crippen LogP contribution in [0.15, 0.2) is 35.0 Å². The van der Waals surface area contributed by atoms with Gasteiger partial charge in [-0.25, -0.2) is 4.68 Å². The van der Waals surface area contributed by atoms with E-state index in [9.17, 15) is 0 Å². The van der Waals surface area contributed by atoms with Crippen LogP contribution in [0.2, 0.25) is 5.02 Å². The van der Waals surface area contributed by atoms with Gasteiger partial charge in [-0.2, -0.15) is 10.1 Å². The lowest BCUT2D eigenvalue weighted by Crippen LogP contribution is -2.34. The van der Waals surface area contributed by atoms with E-state index in [1.807, 2.05) is 28.9 Å². The van der Waals surface area contributed by atoms with Gasteiger partial charge in [0.25, 0.3) is 5.89 Å². The van der Waals surface area contributed by atoms with E-state index >= 15 is 0 Å². The number of halogens is 2. The Kier molecular flexibility index (Phi) is 5.60. The highest BCUT2D eigenvalue weighted by Gasteiger charge is 2.36. The monoisotopic (exact) mass is 407 g/mol. The average Bonchev–Trinajstić information content (AvgIpc) is 3.34. The summed E-state index contributed by atoms with van der Waals surface area (Å²) in [5, 5.41) is 9.42. The maximum Gasteiger partial charge on any atom is 0.261 e. The van der Waals surface area contributed by atoms with Crippen molar-refractivity contribution in [2.75, 3.05) is 0 Å². The van der Waals surface area contributed by atoms with Gasteiger partial charge in [0.2, 0.25) is 0 Å². The molecule has 6 nitrogen and oxygen atoms in total. The highest BCUT2D eigenvalue weighted by atomic mass is 35.5. The maximum absolute atomic E-state index is 6.46. The molecule has 27 heavy (non-hydrogen) atoms. The van der Waals surface area contributed by atoms with Gasteiger partial charge in [-0.1, -0.05) is 43.4 Å². The summed E-state index contributed by atoms with van der Waals surface area (Å²) in [4.78, 5) is 4.62. The highest BCUT2D eigenvalue weighted by Crippen LogP contribution is 2.36. The predicted molar refractivity (Wildman–Crippen MR) is 108 cm³/mol. The first-order chi connectivity index (χ1) is 12.5. The summed E-state index contributed by atoms with van der Waals surface area (Å²) >= 11 is 6.01. The van der Waals surface area contributed by atoms with E-state index in [1.165, 1.54) is 0 Å². The Morgan fingerprint density at radius 3 is 2.48 bits per heavy atom. The molecule has 0 atom stereocenters. The molecule has 144 valence electrons. The molecule has 2 aromatic heterocycles. The smallest absolute Gasteiger partial charge is 0.261 e. The first-order valence-corrected chi connectivity index (χ1v) is 9.33. The van der Waals surface area contributed by atoms with Gasteiger partial charge in [0.05, 0.1) is 28.7 Å². The molecule has 1 saturated carbocycles. The zero-order chi connectivity index (χ0) is 18.3. The molecule has 0 spiro atoms. The lowest BCUT2D eigenvalue weighted by molar-refractivity contribution is 0.372. The molecule has 0 unspecified atom stereocenters. The standard InChI is InChI=1S/C19H22ClN5O.ClH/c1-12(2)16-15(11-22-25(16)14-7-5-13(20)6-8-14)17-23-18(24-26-17)19(21)9-3-4-10-19;/h5-8,11-12H,3-4,9-10,21H2,1-2H3;1H. The molecule has 4 rings (SSSR count). The fourth-order valence-electron chi connectivity index (χ4n) is 3.63. The lowest BCUT2D eigenvalue weighted by Gasteiger charge is -2.17. The third-order valence-corrected chi connectivity index (χ3v) is 5.27. The fraction of sp³-hybridized carbons (Fsp3) is 0.421. The summed E-state index contributed by atoms with van der Waals surface area (Å²) in [7, 11) is 0. The second-order valence-corrected chi connectivity index (χ2v) is 7.71. The number of aromatic nitrogens is 4. The van der Waals surface area contributed by atoms with Gasteiger partial charge in [0.15, 0.2) is 5.82 Å². The molecular weight excluding hydrogens is 385 g/mol. The molecule has 0 saturated heterocycles. The van der Waals surface area contributed by atoms with Crippen molar-refractivity contribution < 1.29 is 4.52 Å². The Balaban J connectivity index is 0.00000210. The maximum atomic E-state index is 6.46. The summed E-state index contributed by atoms with van der Waals surface area (Å²) in [6.07, 6.45) is 5.78. The number of benzene rings is 1. The van der Waals surface area contributed by atoms with Gasteiger partial charge < -0.3 is 10.3 Å². The van der Waals surface area contributed by atoms with Crippen LogP contribution < -0.4 is 5.73 Å². The number of nitrogens with zero attached hydrogens (tertiary/aromatic N) is 4. The topological polar surface area (TPSA) is 82.8 Å². The van der Waals surface area contributed by atoms with Crippen molar-refractivity contribution >= 4 is 24.0 Å². The molecule has 1 aliphatic rings. The molecule has 2 N–H and O–H groups in total. The van der Waals surface area contributed by atoms with Gasteiger partial charge in [0.1, 0.15) is 0 Å². The third kappa shape index (κ3) is 3.61. The van der Waals surface area contributed by atoms with Crippen LogP contribution in [-0.4, -0.2) is 19.9 Å². The van der Waals surface area contributed by atoms with E-state index in [2.05, 4.69) is 29.1 Å². The molecular formula is C19H23Cl2N5O. The van der Waals surface area contributed by atoms with Gasteiger partial charge in [-0.05, 0) is 43.0 Å². The average molecular weight is 408 g/mol. The quantitative estimate of drug-likeness (QED) is 0.667. The van der Waals surface area contributed by atoms with Gasteiger partial charge in [-0.15, -0.1) is 12.4 Å². The fourth-order valence-corrected chi connectivity index (χ4v) is 3.76. The van der Waals surface area contributed by atoms with Gasteiger partial charge in [0, 0.05) is 5.02 Å². The van der Waals surface area contributed by atoms with Crippen molar-refractivity contribution in [3.8, 4) is 17.1 Å². The normalized spacial score (nSPS) is 15.9. The molecule has 0 amide bonds. The van der Waals surface area contributed by atoms with Crippen molar-refractivity contribution in [1.29, 1.82) is 0 Å². The van der Waals surface area contributed by atoms with E-state index in [1.54, 1.807) is 6.20 Å². The summed E-state index contributed by atoms with van der Waals surface area (Å²) < 4.78 is 7.47. The molecule has 8 heteroatoms.